The van der Waals surface area contributed by atoms with Crippen molar-refractivity contribution >= 4 is 40.2 Å². The van der Waals surface area contributed by atoms with Crippen LogP contribution in [-0.4, -0.2) is 83.4 Å². The molecule has 13 nitrogen and oxygen atoms in total. The minimum Gasteiger partial charge on any atom is -0.506 e. The average molecular weight is 851 g/mol. The predicted molar refractivity (Wildman–Crippen MR) is 246 cm³/mol. The number of ether oxygens (including phenoxy) is 1. The van der Waals surface area contributed by atoms with Gasteiger partial charge in [0.1, 0.15) is 11.9 Å². The molecule has 63 heavy (non-hydrogen) atoms. The Morgan fingerprint density at radius 1 is 0.873 bits per heavy atom. The lowest BCUT2D eigenvalue weighted by atomic mass is 10.0. The molecule has 0 aliphatic carbocycles. The molecule has 1 aliphatic rings. The van der Waals surface area contributed by atoms with Crippen molar-refractivity contribution in [2.45, 2.75) is 57.4 Å². The third kappa shape index (κ3) is 11.8. The summed E-state index contributed by atoms with van der Waals surface area (Å²) in [7, 11) is 1.72. The number of fused-ring (bicyclic) bond motifs is 1. The molecule has 0 radical (unpaired) electrons. The van der Waals surface area contributed by atoms with E-state index in [1.54, 1.807) is 42.3 Å². The van der Waals surface area contributed by atoms with Gasteiger partial charge >= 0.3 is 6.09 Å². The number of hydrogen-bond donors (Lipinski definition) is 6. The zero-order valence-electron chi connectivity index (χ0n) is 35.6. The fraction of sp³-hybridized carbons (Fsp3) is 0.280. The van der Waals surface area contributed by atoms with Gasteiger partial charge in [0.2, 0.25) is 11.5 Å². The fourth-order valence-electron chi connectivity index (χ4n) is 7.97. The van der Waals surface area contributed by atoms with Crippen LogP contribution in [0.5, 0.6) is 5.75 Å². The number of nitrogens with one attached hydrogen (secondary N) is 4. The summed E-state index contributed by atoms with van der Waals surface area (Å²) < 4.78 is 5.78. The number of phenols is 1. The highest BCUT2D eigenvalue weighted by atomic mass is 16.6. The van der Waals surface area contributed by atoms with Crippen molar-refractivity contribution in [1.29, 1.82) is 0 Å². The molecule has 0 bridgehead atoms. The number of anilines is 2. The molecule has 2 atom stereocenters. The number of aliphatic hydroxyl groups excluding tert-OH is 1. The number of para-hydroxylation sites is 1. The molecule has 1 aliphatic heterocycles. The molecule has 2 heterocycles. The summed E-state index contributed by atoms with van der Waals surface area (Å²) in [5.74, 6) is -0.375. The SMILES string of the molecule is CC(Cc1cccc(CNC(=O)c2cccc(N(C)C(=O)CCN3CCC(OC(=O)Nc4ccccc4-c4ccccc4)CC3)c2)c1)NC[C@H](O)c1ccc(O)c2[nH]c(=O)ccc12. The third-order valence-corrected chi connectivity index (χ3v) is 11.5. The van der Waals surface area contributed by atoms with Gasteiger partial charge in [0.25, 0.3) is 5.91 Å². The van der Waals surface area contributed by atoms with Crippen molar-refractivity contribution in [3.05, 3.63) is 160 Å². The van der Waals surface area contributed by atoms with Crippen molar-refractivity contribution in [2.24, 2.45) is 0 Å². The van der Waals surface area contributed by atoms with E-state index >= 15 is 0 Å². The normalized spacial score (nSPS) is 14.1. The van der Waals surface area contributed by atoms with Crippen LogP contribution >= 0.6 is 0 Å². The Morgan fingerprint density at radius 2 is 1.62 bits per heavy atom. The number of aromatic amines is 1. The van der Waals surface area contributed by atoms with Crippen LogP contribution in [-0.2, 0) is 22.5 Å². The van der Waals surface area contributed by atoms with E-state index < -0.39 is 12.2 Å². The van der Waals surface area contributed by atoms with Crippen LogP contribution in [0.15, 0.2) is 132 Å². The van der Waals surface area contributed by atoms with E-state index in [9.17, 15) is 29.4 Å². The van der Waals surface area contributed by atoms with Gasteiger partial charge in [-0.15, -0.1) is 0 Å². The molecule has 6 N–H and O–H groups in total. The number of likely N-dealkylation sites (tertiary alicyclic amines) is 1. The first-order chi connectivity index (χ1) is 30.5. The second kappa shape index (κ2) is 20.8. The number of piperidine rings is 1. The summed E-state index contributed by atoms with van der Waals surface area (Å²) in [4.78, 5) is 57.6. The van der Waals surface area contributed by atoms with Gasteiger partial charge in [-0.1, -0.05) is 84.9 Å². The molecule has 5 aromatic carbocycles. The van der Waals surface area contributed by atoms with Gasteiger partial charge in [-0.3, -0.25) is 19.7 Å². The highest BCUT2D eigenvalue weighted by molar-refractivity contribution is 5.98. The van der Waals surface area contributed by atoms with Crippen LogP contribution in [0.25, 0.3) is 22.0 Å². The molecular weight excluding hydrogens is 797 g/mol. The number of phenolic OH excluding ortho intramolecular Hbond substituents is 1. The number of pyridine rings is 1. The number of amides is 3. The van der Waals surface area contributed by atoms with Gasteiger partial charge in [-0.05, 0) is 84.8 Å². The summed E-state index contributed by atoms with van der Waals surface area (Å²) in [6.07, 6.45) is 0.773. The van der Waals surface area contributed by atoms with Gasteiger partial charge in [-0.2, -0.15) is 0 Å². The molecule has 1 saturated heterocycles. The quantitative estimate of drug-likeness (QED) is 0.0591. The number of benzene rings is 5. The number of nitrogens with zero attached hydrogens (tertiary/aromatic N) is 2. The van der Waals surface area contributed by atoms with E-state index in [0.717, 1.165) is 22.3 Å². The first kappa shape index (κ1) is 44.3. The van der Waals surface area contributed by atoms with Crippen LogP contribution in [0.1, 0.15) is 59.3 Å². The smallest absolute Gasteiger partial charge is 0.411 e. The van der Waals surface area contributed by atoms with Crippen molar-refractivity contribution in [3.63, 3.8) is 0 Å². The lowest BCUT2D eigenvalue weighted by molar-refractivity contribution is -0.118. The Morgan fingerprint density at radius 3 is 2.43 bits per heavy atom. The zero-order chi connectivity index (χ0) is 44.3. The van der Waals surface area contributed by atoms with Crippen LogP contribution in [0, 0.1) is 0 Å². The summed E-state index contributed by atoms with van der Waals surface area (Å²) in [5, 5.41) is 31.0. The lowest BCUT2D eigenvalue weighted by Gasteiger charge is -2.31. The highest BCUT2D eigenvalue weighted by Gasteiger charge is 2.24. The molecule has 1 aromatic heterocycles. The second-order valence-electron chi connectivity index (χ2n) is 16.1. The van der Waals surface area contributed by atoms with Crippen LogP contribution in [0.2, 0.25) is 0 Å². The number of carbonyl (C=O) groups is 3. The highest BCUT2D eigenvalue weighted by Crippen LogP contribution is 2.30. The molecular formula is C50H54N6O7. The molecule has 0 saturated carbocycles. The third-order valence-electron chi connectivity index (χ3n) is 11.5. The lowest BCUT2D eigenvalue weighted by Crippen LogP contribution is -2.40. The van der Waals surface area contributed by atoms with Crippen LogP contribution < -0.4 is 26.4 Å². The number of aromatic nitrogens is 1. The van der Waals surface area contributed by atoms with Crippen molar-refractivity contribution in [2.75, 3.05) is 43.4 Å². The van der Waals surface area contributed by atoms with Gasteiger partial charge < -0.3 is 40.4 Å². The first-order valence-electron chi connectivity index (χ1n) is 21.3. The predicted octanol–water partition coefficient (Wildman–Crippen LogP) is 7.15. The minimum atomic E-state index is -0.867. The van der Waals surface area contributed by atoms with E-state index in [1.807, 2.05) is 91.9 Å². The van der Waals surface area contributed by atoms with Gasteiger partial charge in [0.15, 0.2) is 0 Å². The Labute approximate surface area is 366 Å². The maximum atomic E-state index is 13.3. The Bertz CT molecular complexity index is 2590. The van der Waals surface area contributed by atoms with Crippen molar-refractivity contribution < 1.29 is 29.3 Å². The second-order valence-corrected chi connectivity index (χ2v) is 16.1. The number of carbonyl (C=O) groups excluding carboxylic acids is 3. The maximum absolute atomic E-state index is 13.3. The van der Waals surface area contributed by atoms with Crippen molar-refractivity contribution in [1.82, 2.24) is 20.5 Å². The molecule has 326 valence electrons. The number of H-pyrrole nitrogens is 1. The summed E-state index contributed by atoms with van der Waals surface area (Å²) in [6, 6.07) is 38.6. The average Bonchev–Trinajstić information content (AvgIpc) is 3.30. The minimum absolute atomic E-state index is 0.0111. The van der Waals surface area contributed by atoms with E-state index in [0.29, 0.717) is 85.3 Å². The molecule has 0 spiro atoms. The first-order valence-corrected chi connectivity index (χ1v) is 21.3. The largest absolute Gasteiger partial charge is 0.506 e. The van der Waals surface area contributed by atoms with Crippen molar-refractivity contribution in [3.8, 4) is 16.9 Å². The van der Waals surface area contributed by atoms with Gasteiger partial charge in [-0.25, -0.2) is 4.79 Å². The zero-order valence-corrected chi connectivity index (χ0v) is 35.6. The number of aromatic hydroxyl groups is 1. The Kier molecular flexibility index (Phi) is 14.6. The molecule has 7 rings (SSSR count). The molecule has 6 aromatic rings. The van der Waals surface area contributed by atoms with Crippen LogP contribution in [0.3, 0.4) is 0 Å². The number of hydrogen-bond acceptors (Lipinski definition) is 9. The molecule has 1 unspecified atom stereocenters. The molecule has 1 fully saturated rings. The van der Waals surface area contributed by atoms with E-state index in [2.05, 4.69) is 25.8 Å². The van der Waals surface area contributed by atoms with E-state index in [4.69, 9.17) is 4.74 Å². The van der Waals surface area contributed by atoms with E-state index in [-0.39, 0.29) is 41.8 Å². The molecule has 3 amide bonds. The van der Waals surface area contributed by atoms with E-state index in [1.165, 1.54) is 12.1 Å². The monoisotopic (exact) mass is 850 g/mol. The summed E-state index contributed by atoms with van der Waals surface area (Å²) in [5.41, 5.74) is 6.25. The maximum Gasteiger partial charge on any atom is 0.411 e. The van der Waals surface area contributed by atoms with Crippen LogP contribution in [0.4, 0.5) is 16.2 Å². The fourth-order valence-corrected chi connectivity index (χ4v) is 7.97. The topological polar surface area (TPSA) is 176 Å². The Balaban J connectivity index is 0.826. The number of aliphatic hydroxyl groups is 1. The van der Waals surface area contributed by atoms with Gasteiger partial charge in [0.05, 0.1) is 17.3 Å². The summed E-state index contributed by atoms with van der Waals surface area (Å²) >= 11 is 0. The molecule has 13 heteroatoms. The number of rotatable bonds is 16. The Hall–Kier alpha value is -6.80. The summed E-state index contributed by atoms with van der Waals surface area (Å²) in [6.45, 7) is 4.60. The van der Waals surface area contributed by atoms with Gasteiger partial charge in [0, 0.05) is 80.5 Å². The standard InChI is InChI=1S/C50H54N6O7/c1-33(51-32-45(58)41-18-20-44(57)48-42(41)19-21-46(59)54-48)28-34-10-8-11-35(29-34)31-52-49(61)37-14-9-15-38(30-37)55(2)47(60)24-27-56-25-22-39(23-26-56)63-50(62)53-43-17-7-6-16-40(43)36-12-4-3-5-13-36/h3-21,29-30,33,39,45,51,57-58H,22-28,31-32H2,1-2H3,(H,52,61)(H,53,62)(H,54,59)/t33?,45-/m0/s1.